The number of alkyl halides is 3. The first-order valence-corrected chi connectivity index (χ1v) is 6.92. The highest BCUT2D eigenvalue weighted by Gasteiger charge is 2.33. The van der Waals surface area contributed by atoms with E-state index in [0.29, 0.717) is 5.56 Å². The molecule has 104 valence electrons. The molecule has 1 N–H and O–H groups in total. The molecule has 1 aliphatic carbocycles. The minimum absolute atomic E-state index is 0.00595. The van der Waals surface area contributed by atoms with Crippen LogP contribution < -0.4 is 0 Å². The van der Waals surface area contributed by atoms with Crippen LogP contribution in [-0.4, -0.2) is 5.11 Å². The van der Waals surface area contributed by atoms with Gasteiger partial charge in [0, 0.05) is 4.47 Å². The minimum atomic E-state index is -4.42. The Morgan fingerprint density at radius 3 is 2.53 bits per heavy atom. The molecule has 1 aromatic rings. The van der Waals surface area contributed by atoms with Crippen molar-refractivity contribution in [3.63, 3.8) is 0 Å². The SMILES string of the molecule is OC(C1=CCCCC1)c1ccc(Br)c(C(F)(F)F)c1. The molecule has 0 aromatic heterocycles. The van der Waals surface area contributed by atoms with Crippen LogP contribution in [0.2, 0.25) is 0 Å². The van der Waals surface area contributed by atoms with Gasteiger partial charge in [0.25, 0.3) is 0 Å². The Labute approximate surface area is 118 Å². The van der Waals surface area contributed by atoms with Crippen LogP contribution in [0.15, 0.2) is 34.3 Å². The van der Waals surface area contributed by atoms with Gasteiger partial charge in [-0.3, -0.25) is 0 Å². The standard InChI is InChI=1S/C14H14BrF3O/c15-12-7-6-10(8-11(12)14(16,17)18)13(19)9-4-2-1-3-5-9/h4,6-8,13,19H,1-3,5H2. The fourth-order valence-corrected chi connectivity index (χ4v) is 2.73. The third kappa shape index (κ3) is 3.39. The average molecular weight is 335 g/mol. The molecule has 0 aliphatic heterocycles. The number of halogens is 4. The molecule has 0 fully saturated rings. The predicted molar refractivity (Wildman–Crippen MR) is 70.7 cm³/mol. The number of hydrogen-bond donors (Lipinski definition) is 1. The molecule has 0 saturated carbocycles. The summed E-state index contributed by atoms with van der Waals surface area (Å²) < 4.78 is 38.4. The molecule has 1 nitrogen and oxygen atoms in total. The van der Waals surface area contributed by atoms with E-state index in [4.69, 9.17) is 0 Å². The van der Waals surface area contributed by atoms with Crippen LogP contribution in [0.25, 0.3) is 0 Å². The van der Waals surface area contributed by atoms with Crippen molar-refractivity contribution in [3.05, 3.63) is 45.4 Å². The van der Waals surface area contributed by atoms with E-state index in [1.807, 2.05) is 6.08 Å². The highest BCUT2D eigenvalue weighted by molar-refractivity contribution is 9.10. The Morgan fingerprint density at radius 2 is 1.95 bits per heavy atom. The van der Waals surface area contributed by atoms with Crippen molar-refractivity contribution in [2.24, 2.45) is 0 Å². The summed E-state index contributed by atoms with van der Waals surface area (Å²) in [6.07, 6.45) is 0.261. The molecular formula is C14H14BrF3O. The first kappa shape index (κ1) is 14.6. The molecule has 2 rings (SSSR count). The van der Waals surface area contributed by atoms with Gasteiger partial charge in [-0.25, -0.2) is 0 Å². The van der Waals surface area contributed by atoms with Gasteiger partial charge in [0.05, 0.1) is 5.56 Å². The van der Waals surface area contributed by atoms with E-state index in [1.165, 1.54) is 12.1 Å². The molecule has 0 bridgehead atoms. The highest BCUT2D eigenvalue weighted by Crippen LogP contribution is 2.38. The van der Waals surface area contributed by atoms with Gasteiger partial charge in [-0.15, -0.1) is 0 Å². The summed E-state index contributed by atoms with van der Waals surface area (Å²) in [4.78, 5) is 0. The Balaban J connectivity index is 2.33. The van der Waals surface area contributed by atoms with E-state index in [9.17, 15) is 18.3 Å². The molecule has 0 spiro atoms. The first-order chi connectivity index (χ1) is 8.89. The summed E-state index contributed by atoms with van der Waals surface area (Å²) in [5.74, 6) is 0. The number of benzene rings is 1. The topological polar surface area (TPSA) is 20.2 Å². The molecule has 19 heavy (non-hydrogen) atoms. The van der Waals surface area contributed by atoms with E-state index < -0.39 is 17.8 Å². The highest BCUT2D eigenvalue weighted by atomic mass is 79.9. The van der Waals surface area contributed by atoms with Crippen molar-refractivity contribution in [1.29, 1.82) is 0 Å². The predicted octanol–water partition coefficient (Wildman–Crippen LogP) is 5.00. The van der Waals surface area contributed by atoms with E-state index in [-0.39, 0.29) is 4.47 Å². The molecule has 1 unspecified atom stereocenters. The van der Waals surface area contributed by atoms with Crippen LogP contribution in [0.3, 0.4) is 0 Å². The first-order valence-electron chi connectivity index (χ1n) is 6.13. The molecular weight excluding hydrogens is 321 g/mol. The normalized spacial score (nSPS) is 18.1. The zero-order valence-corrected chi connectivity index (χ0v) is 11.8. The van der Waals surface area contributed by atoms with Gasteiger partial charge in [-0.2, -0.15) is 13.2 Å². The lowest BCUT2D eigenvalue weighted by molar-refractivity contribution is -0.138. The van der Waals surface area contributed by atoms with Crippen molar-refractivity contribution < 1.29 is 18.3 Å². The Bertz CT molecular complexity index is 494. The van der Waals surface area contributed by atoms with Crippen molar-refractivity contribution >= 4 is 15.9 Å². The van der Waals surface area contributed by atoms with Crippen LogP contribution in [-0.2, 0) is 6.18 Å². The molecule has 1 atom stereocenters. The van der Waals surface area contributed by atoms with Crippen LogP contribution in [0, 0.1) is 0 Å². The maximum absolute atomic E-state index is 12.8. The summed E-state index contributed by atoms with van der Waals surface area (Å²) in [6, 6.07) is 3.88. The zero-order valence-electron chi connectivity index (χ0n) is 10.2. The molecule has 1 aliphatic rings. The second-order valence-corrected chi connectivity index (χ2v) is 5.52. The van der Waals surface area contributed by atoms with Gasteiger partial charge >= 0.3 is 6.18 Å². The lowest BCUT2D eigenvalue weighted by atomic mass is 9.91. The van der Waals surface area contributed by atoms with E-state index >= 15 is 0 Å². The lowest BCUT2D eigenvalue weighted by Crippen LogP contribution is -2.10. The fraction of sp³-hybridized carbons (Fsp3) is 0.429. The minimum Gasteiger partial charge on any atom is -0.384 e. The van der Waals surface area contributed by atoms with Gasteiger partial charge in [0.15, 0.2) is 0 Å². The third-order valence-electron chi connectivity index (χ3n) is 3.29. The number of hydrogen-bond acceptors (Lipinski definition) is 1. The summed E-state index contributed by atoms with van der Waals surface area (Å²) >= 11 is 2.90. The molecule has 0 amide bonds. The van der Waals surface area contributed by atoms with Crippen LogP contribution in [0.1, 0.15) is 42.9 Å². The van der Waals surface area contributed by atoms with Crippen LogP contribution >= 0.6 is 15.9 Å². The Morgan fingerprint density at radius 1 is 1.21 bits per heavy atom. The van der Waals surface area contributed by atoms with Gasteiger partial charge < -0.3 is 5.11 Å². The van der Waals surface area contributed by atoms with E-state index in [0.717, 1.165) is 37.3 Å². The maximum atomic E-state index is 12.8. The average Bonchev–Trinajstić information content (AvgIpc) is 2.38. The van der Waals surface area contributed by atoms with Crippen LogP contribution in [0.5, 0.6) is 0 Å². The number of rotatable bonds is 2. The molecule has 5 heteroatoms. The largest absolute Gasteiger partial charge is 0.417 e. The molecule has 0 radical (unpaired) electrons. The molecule has 0 saturated heterocycles. The number of aliphatic hydroxyl groups is 1. The van der Waals surface area contributed by atoms with Gasteiger partial charge in [-0.05, 0) is 49.0 Å². The number of aliphatic hydroxyl groups excluding tert-OH is 1. The lowest BCUT2D eigenvalue weighted by Gasteiger charge is -2.20. The summed E-state index contributed by atoms with van der Waals surface area (Å²) in [7, 11) is 0. The zero-order chi connectivity index (χ0) is 14.0. The van der Waals surface area contributed by atoms with E-state index in [2.05, 4.69) is 15.9 Å². The second-order valence-electron chi connectivity index (χ2n) is 4.66. The van der Waals surface area contributed by atoms with Crippen LogP contribution in [0.4, 0.5) is 13.2 Å². The summed E-state index contributed by atoms with van der Waals surface area (Å²) in [5, 5.41) is 10.2. The van der Waals surface area contributed by atoms with E-state index in [1.54, 1.807) is 0 Å². The Hall–Kier alpha value is -0.810. The summed E-state index contributed by atoms with van der Waals surface area (Å²) in [5.41, 5.74) is 0.367. The monoisotopic (exact) mass is 334 g/mol. The second kappa shape index (κ2) is 5.67. The van der Waals surface area contributed by atoms with Crippen molar-refractivity contribution in [2.45, 2.75) is 38.0 Å². The summed E-state index contributed by atoms with van der Waals surface area (Å²) in [6.45, 7) is 0. The van der Waals surface area contributed by atoms with Gasteiger partial charge in [-0.1, -0.05) is 28.1 Å². The van der Waals surface area contributed by atoms with Gasteiger partial charge in [0.2, 0.25) is 0 Å². The Kier molecular flexibility index (Phi) is 4.36. The van der Waals surface area contributed by atoms with Crippen molar-refractivity contribution in [1.82, 2.24) is 0 Å². The van der Waals surface area contributed by atoms with Gasteiger partial charge in [0.1, 0.15) is 6.10 Å². The molecule has 0 heterocycles. The third-order valence-corrected chi connectivity index (χ3v) is 3.98. The fourth-order valence-electron chi connectivity index (χ4n) is 2.26. The number of allylic oxidation sites excluding steroid dienone is 1. The smallest absolute Gasteiger partial charge is 0.384 e. The molecule has 1 aromatic carbocycles. The van der Waals surface area contributed by atoms with Crippen molar-refractivity contribution in [3.8, 4) is 0 Å². The quantitative estimate of drug-likeness (QED) is 0.754. The van der Waals surface area contributed by atoms with Crippen molar-refractivity contribution in [2.75, 3.05) is 0 Å². The maximum Gasteiger partial charge on any atom is 0.417 e.